The molecule has 2 aliphatic carbocycles. The van der Waals surface area contributed by atoms with Crippen molar-refractivity contribution in [3.8, 4) is 0 Å². The minimum absolute atomic E-state index is 0.180. The van der Waals surface area contributed by atoms with Gasteiger partial charge in [-0.3, -0.25) is 0 Å². The van der Waals surface area contributed by atoms with Gasteiger partial charge in [-0.1, -0.05) is 166 Å². The largest absolute Gasteiger partial charge is 0.365 e. The molecule has 2 nitrogen and oxygen atoms in total. The maximum absolute atomic E-state index is 2.99. The number of rotatable bonds is 13. The lowest BCUT2D eigenvalue weighted by molar-refractivity contribution is -0.0245. The minimum atomic E-state index is 0.180. The van der Waals surface area contributed by atoms with Crippen LogP contribution in [0.15, 0.2) is 97.1 Å². The van der Waals surface area contributed by atoms with Crippen LogP contribution in [0.25, 0.3) is 0 Å². The number of nitrogens with zero attached hydrogens (tertiary/aromatic N) is 2. The Bertz CT molecular complexity index is 1890. The van der Waals surface area contributed by atoms with Gasteiger partial charge in [0.15, 0.2) is 0 Å². The van der Waals surface area contributed by atoms with Crippen LogP contribution >= 0.6 is 0 Å². The van der Waals surface area contributed by atoms with E-state index in [-0.39, 0.29) is 21.9 Å². The van der Waals surface area contributed by atoms with Crippen molar-refractivity contribution in [3.63, 3.8) is 0 Å². The van der Waals surface area contributed by atoms with Gasteiger partial charge in [0.05, 0.1) is 0 Å². The second kappa shape index (κ2) is 16.3. The summed E-state index contributed by atoms with van der Waals surface area (Å²) in [4.78, 5) is 5.98. The van der Waals surface area contributed by atoms with Crippen molar-refractivity contribution in [3.05, 3.63) is 130 Å². The van der Waals surface area contributed by atoms with E-state index in [0.717, 1.165) is 13.1 Å². The van der Waals surface area contributed by atoms with Crippen LogP contribution in [-0.2, 0) is 0 Å². The molecular weight excluding hydrogens is 725 g/mol. The van der Waals surface area contributed by atoms with Gasteiger partial charge in [-0.05, 0) is 157 Å². The summed E-state index contributed by atoms with van der Waals surface area (Å²) in [5, 5.41) is 0. The van der Waals surface area contributed by atoms with Crippen molar-refractivity contribution in [1.82, 2.24) is 0 Å². The first-order chi connectivity index (χ1) is 28.5. The fraction of sp³-hybridized carbons (Fsp3) is 0.586. The van der Waals surface area contributed by atoms with E-state index in [0.29, 0.717) is 47.3 Å². The van der Waals surface area contributed by atoms with Crippen LogP contribution in [0, 0.1) is 22.7 Å². The Morgan fingerprint density at radius 2 is 0.767 bits per heavy atom. The maximum Gasteiger partial charge on any atom is 0.0441 e. The van der Waals surface area contributed by atoms with Gasteiger partial charge in [0.25, 0.3) is 0 Å². The molecule has 6 aliphatic rings. The lowest BCUT2D eigenvalue weighted by Gasteiger charge is -2.66. The minimum Gasteiger partial charge on any atom is -0.365 e. The molecule has 0 aromatic heterocycles. The third kappa shape index (κ3) is 7.16. The molecule has 60 heavy (non-hydrogen) atoms. The van der Waals surface area contributed by atoms with E-state index in [9.17, 15) is 0 Å². The number of hydrogen-bond donors (Lipinski definition) is 0. The molecule has 10 rings (SSSR count). The summed E-state index contributed by atoms with van der Waals surface area (Å²) in [7, 11) is 0. The molecular formula is C58H80N2. The third-order valence-electron chi connectivity index (χ3n) is 17.7. The van der Waals surface area contributed by atoms with Crippen molar-refractivity contribution >= 4 is 11.4 Å². The number of fused-ring (bicyclic) bond motifs is 6. The first-order valence-electron chi connectivity index (χ1n) is 24.5. The summed E-state index contributed by atoms with van der Waals surface area (Å²) >= 11 is 0. The van der Waals surface area contributed by atoms with Crippen molar-refractivity contribution in [1.29, 1.82) is 0 Å². The molecule has 8 atom stereocenters. The Labute approximate surface area is 367 Å². The van der Waals surface area contributed by atoms with Crippen LogP contribution in [0.1, 0.15) is 203 Å². The molecule has 4 saturated heterocycles. The van der Waals surface area contributed by atoms with Crippen LogP contribution in [0.5, 0.6) is 0 Å². The molecule has 6 fully saturated rings. The predicted octanol–water partition coefficient (Wildman–Crippen LogP) is 16.0. The zero-order chi connectivity index (χ0) is 42.8. The van der Waals surface area contributed by atoms with Crippen molar-refractivity contribution in [2.24, 2.45) is 22.7 Å². The van der Waals surface area contributed by atoms with Gasteiger partial charge >= 0.3 is 0 Å². The lowest BCUT2D eigenvalue weighted by Crippen LogP contribution is -2.66. The van der Waals surface area contributed by atoms with E-state index in [1.807, 2.05) is 0 Å². The van der Waals surface area contributed by atoms with E-state index in [1.54, 1.807) is 22.5 Å². The fourth-order valence-corrected chi connectivity index (χ4v) is 14.2. The summed E-state index contributed by atoms with van der Waals surface area (Å²) in [6.45, 7) is 32.1. The van der Waals surface area contributed by atoms with Crippen molar-refractivity contribution < 1.29 is 0 Å². The molecule has 0 amide bonds. The average Bonchev–Trinajstić information content (AvgIpc) is 3.22. The monoisotopic (exact) mass is 805 g/mol. The highest BCUT2D eigenvalue weighted by Gasteiger charge is 2.61. The van der Waals surface area contributed by atoms with E-state index < -0.39 is 0 Å². The average molecular weight is 805 g/mol. The second-order valence-corrected chi connectivity index (χ2v) is 22.5. The molecule has 4 aromatic rings. The van der Waals surface area contributed by atoms with E-state index in [2.05, 4.69) is 190 Å². The molecule has 4 heterocycles. The van der Waals surface area contributed by atoms with E-state index in [4.69, 9.17) is 0 Å². The number of para-hydroxylation sites is 2. The molecule has 2 unspecified atom stereocenters. The Balaban J connectivity index is 1.22. The van der Waals surface area contributed by atoms with Gasteiger partial charge in [-0.2, -0.15) is 0 Å². The number of benzene rings is 4. The molecule has 2 heteroatoms. The Morgan fingerprint density at radius 3 is 1.05 bits per heavy atom. The van der Waals surface area contributed by atoms with Crippen LogP contribution in [0.2, 0.25) is 0 Å². The van der Waals surface area contributed by atoms with Gasteiger partial charge in [0.1, 0.15) is 0 Å². The zero-order valence-electron chi connectivity index (χ0n) is 39.8. The summed E-state index contributed by atoms with van der Waals surface area (Å²) in [5.74, 6) is 4.26. The van der Waals surface area contributed by atoms with E-state index in [1.165, 1.54) is 73.6 Å². The summed E-state index contributed by atoms with van der Waals surface area (Å²) in [5.41, 5.74) is 13.2. The van der Waals surface area contributed by atoms with E-state index >= 15 is 0 Å². The Morgan fingerprint density at radius 1 is 0.450 bits per heavy atom. The second-order valence-electron chi connectivity index (χ2n) is 22.5. The molecule has 322 valence electrons. The molecule has 0 radical (unpaired) electrons. The molecule has 4 aromatic carbocycles. The van der Waals surface area contributed by atoms with Gasteiger partial charge < -0.3 is 9.80 Å². The number of piperidine rings is 4. The maximum atomic E-state index is 2.99. The Hall–Kier alpha value is -3.52. The van der Waals surface area contributed by atoms with Crippen LogP contribution in [-0.4, -0.2) is 24.2 Å². The van der Waals surface area contributed by atoms with Gasteiger partial charge in [0, 0.05) is 35.5 Å². The molecule has 0 spiro atoms. The van der Waals surface area contributed by atoms with Crippen LogP contribution in [0.3, 0.4) is 0 Å². The highest BCUT2D eigenvalue weighted by molar-refractivity contribution is 5.66. The number of anilines is 2. The first kappa shape index (κ1) is 43.1. The van der Waals surface area contributed by atoms with Crippen LogP contribution in [0.4, 0.5) is 11.4 Å². The highest BCUT2D eigenvalue weighted by Crippen LogP contribution is 2.65. The molecule has 0 N–H and O–H groups in total. The standard InChI is InChI=1S/C58H80N2/c1-39(2)47-25-19-26-48(40(3)4)53(47)59-37-57(33-31-55(59,11)35-43(57)9)51(45-21-15-13-16-22-45)29-30-52(46-23-17-14-18-24-46)58-34-32-56(12,36-44(58)10)60(38-58)54-49(41(5)6)27-20-28-50(54)42(7)8/h13-28,39-44,51-52H,29-38H2,1-12H3/t43-,44+,51?,52?,55-,56+,57+,58-. The smallest absolute Gasteiger partial charge is 0.0441 e. The molecule has 2 saturated carbocycles. The fourth-order valence-electron chi connectivity index (χ4n) is 14.2. The third-order valence-corrected chi connectivity index (χ3v) is 17.7. The predicted molar refractivity (Wildman–Crippen MR) is 259 cm³/mol. The van der Waals surface area contributed by atoms with Gasteiger partial charge in [0.2, 0.25) is 0 Å². The summed E-state index contributed by atoms with van der Waals surface area (Å²) in [6.07, 6.45) is 10.2. The van der Waals surface area contributed by atoms with Crippen molar-refractivity contribution in [2.75, 3.05) is 22.9 Å². The van der Waals surface area contributed by atoms with Gasteiger partial charge in [-0.15, -0.1) is 0 Å². The normalized spacial score (nSPS) is 29.9. The highest BCUT2D eigenvalue weighted by atomic mass is 15.2. The topological polar surface area (TPSA) is 6.48 Å². The summed E-state index contributed by atoms with van der Waals surface area (Å²) in [6, 6.07) is 38.3. The SMILES string of the molecule is CC(C)c1cccc(C(C)C)c1N1C[C@]2(C(CCC(c3ccccc3)[C@]34CC[C@](C)(C[C@H]3C)N(c3c(C(C)C)cccc3C(C)C)C4)c3ccccc3)CC[C@@]1(C)C[C@@H]2C. The number of hydrogen-bond acceptors (Lipinski definition) is 2. The summed E-state index contributed by atoms with van der Waals surface area (Å²) < 4.78 is 0. The molecule has 4 bridgehead atoms. The zero-order valence-corrected chi connectivity index (χ0v) is 39.8. The first-order valence-corrected chi connectivity index (χ1v) is 24.5. The van der Waals surface area contributed by atoms with Crippen molar-refractivity contribution in [2.45, 2.75) is 181 Å². The lowest BCUT2D eigenvalue weighted by atomic mass is 9.48. The molecule has 4 aliphatic heterocycles. The van der Waals surface area contributed by atoms with Gasteiger partial charge in [-0.25, -0.2) is 0 Å². The Kier molecular flexibility index (Phi) is 11.7. The quantitative estimate of drug-likeness (QED) is 0.133. The van der Waals surface area contributed by atoms with Crippen LogP contribution < -0.4 is 9.80 Å².